The van der Waals surface area contributed by atoms with Gasteiger partial charge in [0.25, 0.3) is 0 Å². The lowest BCUT2D eigenvalue weighted by molar-refractivity contribution is -0.133. The van der Waals surface area contributed by atoms with Crippen molar-refractivity contribution >= 4 is 17.7 Å². The van der Waals surface area contributed by atoms with Crippen molar-refractivity contribution in [1.82, 2.24) is 19.7 Å². The third-order valence-electron chi connectivity index (χ3n) is 3.51. The van der Waals surface area contributed by atoms with Crippen LogP contribution < -0.4 is 0 Å². The summed E-state index contributed by atoms with van der Waals surface area (Å²) in [5.74, 6) is 0.0980. The molecule has 24 heavy (non-hydrogen) atoms. The third kappa shape index (κ3) is 3.33. The molecule has 0 bridgehead atoms. The van der Waals surface area contributed by atoms with Gasteiger partial charge in [0.2, 0.25) is 0 Å². The molecule has 0 saturated carbocycles. The van der Waals surface area contributed by atoms with Crippen molar-refractivity contribution < 1.29 is 14.3 Å². The standard InChI is InChI=1S/C16H16N4O3S/c1-10(12-6-4-3-5-7-12)20-15(13-8-23-11(2)17-13)18-19-16(20)24-9-14(21)22/h3-8,10H,9H2,1-2H3,(H,21,22)/t10-/m0/s1. The van der Waals surface area contributed by atoms with Crippen molar-refractivity contribution in [3.8, 4) is 11.5 Å². The van der Waals surface area contributed by atoms with E-state index in [4.69, 9.17) is 9.52 Å². The monoisotopic (exact) mass is 344 g/mol. The summed E-state index contributed by atoms with van der Waals surface area (Å²) < 4.78 is 7.16. The molecule has 0 unspecified atom stereocenters. The molecular formula is C16H16N4O3S. The molecule has 124 valence electrons. The largest absolute Gasteiger partial charge is 0.481 e. The van der Waals surface area contributed by atoms with Gasteiger partial charge in [-0.05, 0) is 12.5 Å². The van der Waals surface area contributed by atoms with Crippen molar-refractivity contribution in [2.75, 3.05) is 5.75 Å². The number of benzene rings is 1. The SMILES string of the molecule is Cc1nc(-c2nnc(SCC(=O)O)n2[C@@H](C)c2ccccc2)co1. The van der Waals surface area contributed by atoms with Gasteiger partial charge in [-0.25, -0.2) is 4.98 Å². The normalized spacial score (nSPS) is 12.2. The van der Waals surface area contributed by atoms with Crippen molar-refractivity contribution in [1.29, 1.82) is 0 Å². The van der Waals surface area contributed by atoms with Crippen LogP contribution in [0.2, 0.25) is 0 Å². The van der Waals surface area contributed by atoms with E-state index in [9.17, 15) is 4.79 Å². The molecule has 0 radical (unpaired) electrons. The maximum Gasteiger partial charge on any atom is 0.313 e. The molecule has 1 aromatic carbocycles. The molecule has 8 heteroatoms. The molecule has 0 saturated heterocycles. The highest BCUT2D eigenvalue weighted by Gasteiger charge is 2.22. The number of hydrogen-bond acceptors (Lipinski definition) is 6. The lowest BCUT2D eigenvalue weighted by Crippen LogP contribution is -2.11. The second kappa shape index (κ2) is 6.88. The Balaban J connectivity index is 2.05. The summed E-state index contributed by atoms with van der Waals surface area (Å²) in [5.41, 5.74) is 1.64. The molecular weight excluding hydrogens is 328 g/mol. The van der Waals surface area contributed by atoms with Gasteiger partial charge in [-0.2, -0.15) is 0 Å². The molecule has 2 heterocycles. The smallest absolute Gasteiger partial charge is 0.313 e. The van der Waals surface area contributed by atoms with Crippen LogP contribution in [0.15, 0.2) is 46.2 Å². The Morgan fingerprint density at radius 1 is 1.33 bits per heavy atom. The fourth-order valence-electron chi connectivity index (χ4n) is 2.37. The van der Waals surface area contributed by atoms with Gasteiger partial charge in [-0.15, -0.1) is 10.2 Å². The zero-order valence-electron chi connectivity index (χ0n) is 13.2. The maximum atomic E-state index is 10.9. The van der Waals surface area contributed by atoms with Gasteiger partial charge < -0.3 is 9.52 Å². The highest BCUT2D eigenvalue weighted by molar-refractivity contribution is 7.99. The van der Waals surface area contributed by atoms with Crippen molar-refractivity contribution in [2.45, 2.75) is 25.0 Å². The van der Waals surface area contributed by atoms with Crippen molar-refractivity contribution in [3.05, 3.63) is 48.0 Å². The van der Waals surface area contributed by atoms with Crippen LogP contribution in [0, 0.1) is 6.92 Å². The number of aryl methyl sites for hydroxylation is 1. The summed E-state index contributed by atoms with van der Waals surface area (Å²) in [5, 5.41) is 17.8. The van der Waals surface area contributed by atoms with Gasteiger partial charge in [0.05, 0.1) is 11.8 Å². The number of hydrogen-bond donors (Lipinski definition) is 1. The lowest BCUT2D eigenvalue weighted by atomic mass is 10.1. The minimum Gasteiger partial charge on any atom is -0.481 e. The van der Waals surface area contributed by atoms with Crippen LogP contribution in [0.3, 0.4) is 0 Å². The van der Waals surface area contributed by atoms with Crippen LogP contribution in [0.5, 0.6) is 0 Å². The first kappa shape index (κ1) is 16.3. The number of carboxylic acid groups (broad SMARTS) is 1. The van der Waals surface area contributed by atoms with Crippen molar-refractivity contribution in [3.63, 3.8) is 0 Å². The molecule has 0 aliphatic carbocycles. The number of aliphatic carboxylic acids is 1. The van der Waals surface area contributed by atoms with E-state index in [0.717, 1.165) is 17.3 Å². The Kier molecular flexibility index (Phi) is 4.66. The van der Waals surface area contributed by atoms with Crippen LogP contribution in [0.1, 0.15) is 24.4 Å². The van der Waals surface area contributed by atoms with Crippen LogP contribution in [0.4, 0.5) is 0 Å². The van der Waals surface area contributed by atoms with E-state index >= 15 is 0 Å². The molecule has 0 aliphatic heterocycles. The first-order valence-electron chi connectivity index (χ1n) is 7.33. The average Bonchev–Trinajstić information content (AvgIpc) is 3.19. The van der Waals surface area contributed by atoms with E-state index in [1.165, 1.54) is 6.26 Å². The predicted molar refractivity (Wildman–Crippen MR) is 88.9 cm³/mol. The number of thioether (sulfide) groups is 1. The van der Waals surface area contributed by atoms with Crippen LogP contribution in [0.25, 0.3) is 11.5 Å². The van der Waals surface area contributed by atoms with Gasteiger partial charge in [0.1, 0.15) is 12.0 Å². The summed E-state index contributed by atoms with van der Waals surface area (Å²) in [4.78, 5) is 15.2. The van der Waals surface area contributed by atoms with E-state index in [-0.39, 0.29) is 11.8 Å². The molecule has 2 aromatic heterocycles. The Labute approximate surface area is 142 Å². The van der Waals surface area contributed by atoms with Crippen molar-refractivity contribution in [2.24, 2.45) is 0 Å². The Hall–Kier alpha value is -2.61. The minimum atomic E-state index is -0.902. The molecule has 0 aliphatic rings. The van der Waals surface area contributed by atoms with Gasteiger partial charge in [0.15, 0.2) is 16.9 Å². The molecule has 0 amide bonds. The van der Waals surface area contributed by atoms with Gasteiger partial charge >= 0.3 is 5.97 Å². The quantitative estimate of drug-likeness (QED) is 0.687. The minimum absolute atomic E-state index is 0.0792. The topological polar surface area (TPSA) is 94.0 Å². The number of nitrogens with zero attached hydrogens (tertiary/aromatic N) is 4. The molecule has 1 N–H and O–H groups in total. The lowest BCUT2D eigenvalue weighted by Gasteiger charge is -2.17. The number of carbonyl (C=O) groups is 1. The van der Waals surface area contributed by atoms with Crippen LogP contribution in [-0.2, 0) is 4.79 Å². The zero-order chi connectivity index (χ0) is 17.1. The summed E-state index contributed by atoms with van der Waals surface area (Å²) in [6.45, 7) is 3.77. The number of aromatic nitrogens is 4. The van der Waals surface area contributed by atoms with E-state index < -0.39 is 5.97 Å². The fraction of sp³-hybridized carbons (Fsp3) is 0.250. The van der Waals surface area contributed by atoms with E-state index in [0.29, 0.717) is 22.6 Å². The average molecular weight is 344 g/mol. The van der Waals surface area contributed by atoms with E-state index in [1.54, 1.807) is 6.92 Å². The zero-order valence-corrected chi connectivity index (χ0v) is 14.0. The Bertz CT molecular complexity index is 844. The van der Waals surface area contributed by atoms with E-state index in [1.807, 2.05) is 41.8 Å². The summed E-state index contributed by atoms with van der Waals surface area (Å²) >= 11 is 1.13. The second-order valence-corrected chi connectivity index (χ2v) is 6.14. The van der Waals surface area contributed by atoms with Gasteiger partial charge in [0, 0.05) is 6.92 Å². The molecule has 0 spiro atoms. The first-order chi connectivity index (χ1) is 11.6. The Morgan fingerprint density at radius 3 is 2.71 bits per heavy atom. The molecule has 1 atom stereocenters. The van der Waals surface area contributed by atoms with Gasteiger partial charge in [-0.3, -0.25) is 9.36 Å². The second-order valence-electron chi connectivity index (χ2n) is 5.20. The molecule has 3 aromatic rings. The van der Waals surface area contributed by atoms with Crippen LogP contribution >= 0.6 is 11.8 Å². The summed E-state index contributed by atoms with van der Waals surface area (Å²) in [7, 11) is 0. The molecule has 3 rings (SSSR count). The predicted octanol–water partition coefficient (Wildman–Crippen LogP) is 3.03. The molecule has 7 nitrogen and oxygen atoms in total. The third-order valence-corrected chi connectivity index (χ3v) is 4.43. The highest BCUT2D eigenvalue weighted by atomic mass is 32.2. The van der Waals surface area contributed by atoms with E-state index in [2.05, 4.69) is 15.2 Å². The molecule has 0 fully saturated rings. The number of carboxylic acids is 1. The number of rotatable bonds is 6. The first-order valence-corrected chi connectivity index (χ1v) is 8.31. The highest BCUT2D eigenvalue weighted by Crippen LogP contribution is 2.30. The van der Waals surface area contributed by atoms with Gasteiger partial charge in [-0.1, -0.05) is 42.1 Å². The Morgan fingerprint density at radius 2 is 2.08 bits per heavy atom. The maximum absolute atomic E-state index is 10.9. The summed E-state index contributed by atoms with van der Waals surface area (Å²) in [6, 6.07) is 9.80. The number of oxazole rings is 1. The van der Waals surface area contributed by atoms with Crippen LogP contribution in [-0.4, -0.2) is 36.6 Å². The fourth-order valence-corrected chi connectivity index (χ4v) is 3.11. The summed E-state index contributed by atoms with van der Waals surface area (Å²) in [6.07, 6.45) is 1.53.